The first-order valence-electron chi connectivity index (χ1n) is 7.77. The van der Waals surface area contributed by atoms with Gasteiger partial charge in [-0.15, -0.1) is 11.3 Å². The monoisotopic (exact) mass is 319 g/mol. The van der Waals surface area contributed by atoms with Gasteiger partial charge in [0.15, 0.2) is 0 Å². The molecule has 2 aromatic rings. The van der Waals surface area contributed by atoms with Crippen molar-refractivity contribution in [1.29, 1.82) is 0 Å². The summed E-state index contributed by atoms with van der Waals surface area (Å²) in [6.07, 6.45) is 4.06. The van der Waals surface area contributed by atoms with Gasteiger partial charge in [0, 0.05) is 4.88 Å². The van der Waals surface area contributed by atoms with Crippen molar-refractivity contribution in [2.45, 2.75) is 45.1 Å². The fraction of sp³-hybridized carbons (Fsp3) is 0.444. The van der Waals surface area contributed by atoms with Gasteiger partial charge < -0.3 is 5.32 Å². The molecule has 1 saturated carbocycles. The highest BCUT2D eigenvalue weighted by molar-refractivity contribution is 7.10. The first kappa shape index (κ1) is 15.1. The summed E-state index contributed by atoms with van der Waals surface area (Å²) >= 11 is 8.26. The number of halogens is 1. The van der Waals surface area contributed by atoms with Gasteiger partial charge in [-0.05, 0) is 54.3 Å². The van der Waals surface area contributed by atoms with Gasteiger partial charge in [-0.1, -0.05) is 49.2 Å². The topological polar surface area (TPSA) is 12.0 Å². The first-order valence-corrected chi connectivity index (χ1v) is 9.03. The van der Waals surface area contributed by atoms with E-state index < -0.39 is 0 Å². The fourth-order valence-corrected chi connectivity index (χ4v) is 4.35. The second-order valence-corrected chi connectivity index (χ2v) is 7.17. The van der Waals surface area contributed by atoms with Crippen LogP contribution in [0.15, 0.2) is 29.6 Å². The molecule has 1 aliphatic rings. The molecule has 0 aliphatic heterocycles. The molecule has 1 aromatic carbocycles. The zero-order valence-corrected chi connectivity index (χ0v) is 14.2. The van der Waals surface area contributed by atoms with Crippen LogP contribution in [-0.4, -0.2) is 6.54 Å². The van der Waals surface area contributed by atoms with Crippen LogP contribution in [-0.2, 0) is 0 Å². The Morgan fingerprint density at radius 1 is 1.38 bits per heavy atom. The predicted octanol–water partition coefficient (Wildman–Crippen LogP) is 5.68. The summed E-state index contributed by atoms with van der Waals surface area (Å²) in [5.41, 5.74) is 4.01. The Balaban J connectivity index is 1.95. The number of aryl methyl sites for hydroxylation is 1. The second kappa shape index (κ2) is 6.51. The van der Waals surface area contributed by atoms with Crippen LogP contribution in [0.25, 0.3) is 0 Å². The number of nitrogens with one attached hydrogen (secondary N) is 1. The highest BCUT2D eigenvalue weighted by Crippen LogP contribution is 2.39. The van der Waals surface area contributed by atoms with E-state index in [0.29, 0.717) is 0 Å². The molecule has 1 fully saturated rings. The highest BCUT2D eigenvalue weighted by Gasteiger charge is 2.23. The molecular formula is C18H22ClNS. The third kappa shape index (κ3) is 3.03. The van der Waals surface area contributed by atoms with Crippen molar-refractivity contribution in [3.8, 4) is 0 Å². The van der Waals surface area contributed by atoms with E-state index in [0.717, 1.165) is 17.5 Å². The number of hydrogen-bond acceptors (Lipinski definition) is 2. The SMILES string of the molecule is CCNC(c1cccc(C2CCC2)c1)c1scc(C)c1Cl. The average molecular weight is 320 g/mol. The lowest BCUT2D eigenvalue weighted by atomic mass is 9.79. The van der Waals surface area contributed by atoms with Gasteiger partial charge in [0.05, 0.1) is 11.1 Å². The Hall–Kier alpha value is -0.830. The molecule has 0 bridgehead atoms. The molecule has 1 atom stereocenters. The normalized spacial score (nSPS) is 16.7. The Kier molecular flexibility index (Phi) is 4.68. The van der Waals surface area contributed by atoms with Crippen LogP contribution in [0.3, 0.4) is 0 Å². The maximum absolute atomic E-state index is 6.50. The Morgan fingerprint density at radius 2 is 2.19 bits per heavy atom. The zero-order valence-electron chi connectivity index (χ0n) is 12.7. The smallest absolute Gasteiger partial charge is 0.0686 e. The van der Waals surface area contributed by atoms with Gasteiger partial charge in [-0.25, -0.2) is 0 Å². The number of thiophene rings is 1. The van der Waals surface area contributed by atoms with Crippen LogP contribution in [0, 0.1) is 6.92 Å². The molecule has 0 radical (unpaired) electrons. The minimum Gasteiger partial charge on any atom is -0.306 e. The Morgan fingerprint density at radius 3 is 2.76 bits per heavy atom. The van der Waals surface area contributed by atoms with E-state index in [1.807, 2.05) is 0 Å². The van der Waals surface area contributed by atoms with Crippen LogP contribution in [0.4, 0.5) is 0 Å². The summed E-state index contributed by atoms with van der Waals surface area (Å²) in [6.45, 7) is 5.17. The number of benzene rings is 1. The van der Waals surface area contributed by atoms with Gasteiger partial charge in [0.2, 0.25) is 0 Å². The van der Waals surface area contributed by atoms with Crippen molar-refractivity contribution in [3.63, 3.8) is 0 Å². The van der Waals surface area contributed by atoms with E-state index in [-0.39, 0.29) is 6.04 Å². The molecule has 3 rings (SSSR count). The zero-order chi connectivity index (χ0) is 14.8. The number of hydrogen-bond donors (Lipinski definition) is 1. The molecule has 112 valence electrons. The minimum absolute atomic E-state index is 0.209. The van der Waals surface area contributed by atoms with Crippen molar-refractivity contribution >= 4 is 22.9 Å². The van der Waals surface area contributed by atoms with Crippen molar-refractivity contribution in [3.05, 3.63) is 56.2 Å². The van der Waals surface area contributed by atoms with Crippen LogP contribution in [0.5, 0.6) is 0 Å². The molecular weight excluding hydrogens is 298 g/mol. The van der Waals surface area contributed by atoms with E-state index in [1.54, 1.807) is 11.3 Å². The van der Waals surface area contributed by atoms with Crippen molar-refractivity contribution < 1.29 is 0 Å². The first-order chi connectivity index (χ1) is 10.2. The Bertz CT molecular complexity index is 615. The standard InChI is InChI=1S/C18H22ClNS/c1-3-20-17(18-16(19)12(2)11-21-18)15-9-5-8-14(10-15)13-6-4-7-13/h5,8-11,13,17,20H,3-4,6-7H2,1-2H3. The molecule has 1 aliphatic carbocycles. The van der Waals surface area contributed by atoms with E-state index in [2.05, 4.69) is 48.8 Å². The van der Waals surface area contributed by atoms with E-state index >= 15 is 0 Å². The van der Waals surface area contributed by atoms with Crippen LogP contribution < -0.4 is 5.32 Å². The van der Waals surface area contributed by atoms with E-state index in [4.69, 9.17) is 11.6 Å². The van der Waals surface area contributed by atoms with Crippen molar-refractivity contribution in [1.82, 2.24) is 5.32 Å². The third-order valence-electron chi connectivity index (χ3n) is 4.42. The Labute approximate surface area is 136 Å². The van der Waals surface area contributed by atoms with E-state index in [1.165, 1.54) is 40.8 Å². The van der Waals surface area contributed by atoms with Crippen LogP contribution >= 0.6 is 22.9 Å². The minimum atomic E-state index is 0.209. The van der Waals surface area contributed by atoms with Gasteiger partial charge in [-0.3, -0.25) is 0 Å². The average Bonchev–Trinajstić information content (AvgIpc) is 2.75. The summed E-state index contributed by atoms with van der Waals surface area (Å²) in [7, 11) is 0. The predicted molar refractivity (Wildman–Crippen MR) is 92.6 cm³/mol. The van der Waals surface area contributed by atoms with Gasteiger partial charge in [-0.2, -0.15) is 0 Å². The van der Waals surface area contributed by atoms with Gasteiger partial charge >= 0.3 is 0 Å². The largest absolute Gasteiger partial charge is 0.306 e. The molecule has 3 heteroatoms. The summed E-state index contributed by atoms with van der Waals surface area (Å²) < 4.78 is 0. The molecule has 21 heavy (non-hydrogen) atoms. The lowest BCUT2D eigenvalue weighted by Gasteiger charge is -2.27. The quantitative estimate of drug-likeness (QED) is 0.748. The summed E-state index contributed by atoms with van der Waals surface area (Å²) in [5.74, 6) is 0.771. The van der Waals surface area contributed by atoms with Crippen molar-refractivity contribution in [2.75, 3.05) is 6.54 Å². The molecule has 0 spiro atoms. The fourth-order valence-electron chi connectivity index (χ4n) is 2.94. The molecule has 1 heterocycles. The third-order valence-corrected chi connectivity index (χ3v) is 6.20. The lowest BCUT2D eigenvalue weighted by molar-refractivity contribution is 0.419. The van der Waals surface area contributed by atoms with Crippen LogP contribution in [0.1, 0.15) is 59.7 Å². The summed E-state index contributed by atoms with van der Waals surface area (Å²) in [6, 6.07) is 9.28. The lowest BCUT2D eigenvalue weighted by Crippen LogP contribution is -2.22. The van der Waals surface area contributed by atoms with Gasteiger partial charge in [0.1, 0.15) is 0 Å². The van der Waals surface area contributed by atoms with Crippen LogP contribution in [0.2, 0.25) is 5.02 Å². The molecule has 0 amide bonds. The molecule has 1 nitrogen and oxygen atoms in total. The maximum Gasteiger partial charge on any atom is 0.0686 e. The molecule has 1 N–H and O–H groups in total. The molecule has 1 unspecified atom stereocenters. The van der Waals surface area contributed by atoms with E-state index in [9.17, 15) is 0 Å². The highest BCUT2D eigenvalue weighted by atomic mass is 35.5. The second-order valence-electron chi connectivity index (χ2n) is 5.89. The maximum atomic E-state index is 6.50. The van der Waals surface area contributed by atoms with Gasteiger partial charge in [0.25, 0.3) is 0 Å². The molecule has 0 saturated heterocycles. The molecule has 1 aromatic heterocycles. The number of rotatable bonds is 5. The summed E-state index contributed by atoms with van der Waals surface area (Å²) in [5, 5.41) is 6.66. The summed E-state index contributed by atoms with van der Waals surface area (Å²) in [4.78, 5) is 1.24. The van der Waals surface area contributed by atoms with Crippen molar-refractivity contribution in [2.24, 2.45) is 0 Å².